The average Bonchev–Trinajstić information content (AvgIpc) is 2.43. The molecule has 0 saturated heterocycles. The van der Waals surface area contributed by atoms with Gasteiger partial charge in [0.2, 0.25) is 10.0 Å². The Morgan fingerprint density at radius 3 is 2.45 bits per heavy atom. The number of ether oxygens (including phenoxy) is 1. The molecule has 20 heavy (non-hydrogen) atoms. The summed E-state index contributed by atoms with van der Waals surface area (Å²) in [5, 5.41) is 0. The number of sulfonamides is 1. The van der Waals surface area contributed by atoms with Gasteiger partial charge in [-0.3, -0.25) is 0 Å². The molecule has 0 saturated carbocycles. The highest BCUT2D eigenvalue weighted by Crippen LogP contribution is 2.29. The quantitative estimate of drug-likeness (QED) is 0.725. The van der Waals surface area contributed by atoms with Crippen molar-refractivity contribution in [3.63, 3.8) is 0 Å². The summed E-state index contributed by atoms with van der Waals surface area (Å²) >= 11 is 5.80. The molecule has 0 unspecified atom stereocenters. The van der Waals surface area contributed by atoms with Gasteiger partial charge in [0.15, 0.2) is 0 Å². The Morgan fingerprint density at radius 2 is 2.00 bits per heavy atom. The minimum absolute atomic E-state index is 0.107. The van der Waals surface area contributed by atoms with Crippen LogP contribution in [0.3, 0.4) is 0 Å². The summed E-state index contributed by atoms with van der Waals surface area (Å²) in [6.45, 7) is 6.17. The van der Waals surface area contributed by atoms with E-state index >= 15 is 0 Å². The van der Waals surface area contributed by atoms with Crippen LogP contribution in [-0.4, -0.2) is 32.4 Å². The van der Waals surface area contributed by atoms with Gasteiger partial charge in [0.1, 0.15) is 10.6 Å². The lowest BCUT2D eigenvalue weighted by molar-refractivity contribution is 0.349. The van der Waals surface area contributed by atoms with E-state index in [0.29, 0.717) is 12.3 Å². The number of nitrogens with zero attached hydrogens (tertiary/aromatic N) is 1. The summed E-state index contributed by atoms with van der Waals surface area (Å²) in [5.74, 6) is 0.614. The third-order valence-corrected chi connectivity index (χ3v) is 5.39. The summed E-state index contributed by atoms with van der Waals surface area (Å²) in [4.78, 5) is 0.181. The van der Waals surface area contributed by atoms with Crippen LogP contribution in [0.15, 0.2) is 23.1 Å². The first-order valence-corrected chi connectivity index (χ1v) is 8.60. The van der Waals surface area contributed by atoms with Crippen molar-refractivity contribution in [1.82, 2.24) is 4.31 Å². The van der Waals surface area contributed by atoms with E-state index in [0.717, 1.165) is 12.0 Å². The largest absolute Gasteiger partial charge is 0.495 e. The van der Waals surface area contributed by atoms with E-state index in [9.17, 15) is 8.42 Å². The van der Waals surface area contributed by atoms with Crippen molar-refractivity contribution in [3.8, 4) is 5.75 Å². The molecule has 6 heteroatoms. The normalized spacial score (nSPS) is 12.2. The SMILES string of the molecule is CCCN(C(C)C)S(=O)(=O)c1cc(CCl)ccc1OC. The van der Waals surface area contributed by atoms with Crippen LogP contribution in [0.4, 0.5) is 0 Å². The number of alkyl halides is 1. The van der Waals surface area contributed by atoms with Crippen LogP contribution in [-0.2, 0) is 15.9 Å². The molecule has 0 radical (unpaired) electrons. The smallest absolute Gasteiger partial charge is 0.246 e. The molecule has 0 heterocycles. The first-order chi connectivity index (χ1) is 9.38. The van der Waals surface area contributed by atoms with E-state index in [1.54, 1.807) is 18.2 Å². The number of methoxy groups -OCH3 is 1. The molecule has 0 spiro atoms. The second-order valence-corrected chi connectivity index (χ2v) is 6.95. The van der Waals surface area contributed by atoms with Crippen molar-refractivity contribution in [3.05, 3.63) is 23.8 Å². The molecule has 1 rings (SSSR count). The Hall–Kier alpha value is -0.780. The molecule has 0 aliphatic heterocycles. The molecule has 0 fully saturated rings. The van der Waals surface area contributed by atoms with Crippen LogP contribution in [0.2, 0.25) is 0 Å². The van der Waals surface area contributed by atoms with Crippen LogP contribution >= 0.6 is 11.6 Å². The molecular formula is C14H22ClNO3S. The van der Waals surface area contributed by atoms with E-state index in [1.165, 1.54) is 11.4 Å². The van der Waals surface area contributed by atoms with Crippen molar-refractivity contribution < 1.29 is 13.2 Å². The van der Waals surface area contributed by atoms with Crippen LogP contribution in [0.1, 0.15) is 32.8 Å². The van der Waals surface area contributed by atoms with Gasteiger partial charge in [0.05, 0.1) is 7.11 Å². The molecule has 0 aliphatic rings. The van der Waals surface area contributed by atoms with Gasteiger partial charge < -0.3 is 4.74 Å². The Bertz CT molecular complexity index is 543. The third-order valence-electron chi connectivity index (χ3n) is 2.99. The van der Waals surface area contributed by atoms with Crippen molar-refractivity contribution >= 4 is 21.6 Å². The average molecular weight is 320 g/mol. The maximum absolute atomic E-state index is 12.8. The minimum Gasteiger partial charge on any atom is -0.495 e. The fraction of sp³-hybridized carbons (Fsp3) is 0.571. The molecule has 0 bridgehead atoms. The van der Waals surface area contributed by atoms with Crippen molar-refractivity contribution in [2.75, 3.05) is 13.7 Å². The zero-order valence-electron chi connectivity index (χ0n) is 12.4. The lowest BCUT2D eigenvalue weighted by Gasteiger charge is -2.26. The molecule has 0 atom stereocenters. The van der Waals surface area contributed by atoms with Crippen molar-refractivity contribution in [1.29, 1.82) is 0 Å². The Morgan fingerprint density at radius 1 is 1.35 bits per heavy atom. The van der Waals surface area contributed by atoms with E-state index < -0.39 is 10.0 Å². The molecule has 0 N–H and O–H groups in total. The van der Waals surface area contributed by atoms with Gasteiger partial charge >= 0.3 is 0 Å². The highest BCUT2D eigenvalue weighted by Gasteiger charge is 2.29. The third kappa shape index (κ3) is 3.65. The van der Waals surface area contributed by atoms with Gasteiger partial charge in [-0.1, -0.05) is 13.0 Å². The fourth-order valence-corrected chi connectivity index (χ4v) is 4.11. The van der Waals surface area contributed by atoms with E-state index in [1.807, 2.05) is 20.8 Å². The zero-order valence-corrected chi connectivity index (χ0v) is 14.0. The molecule has 4 nitrogen and oxygen atoms in total. The van der Waals surface area contributed by atoms with Gasteiger partial charge in [0.25, 0.3) is 0 Å². The standard InChI is InChI=1S/C14H22ClNO3S/c1-5-8-16(11(2)3)20(17,18)14-9-12(10-15)6-7-13(14)19-4/h6-7,9,11H,5,8,10H2,1-4H3. The van der Waals surface area contributed by atoms with Gasteiger partial charge in [-0.25, -0.2) is 8.42 Å². The van der Waals surface area contributed by atoms with Gasteiger partial charge in [0, 0.05) is 18.5 Å². The van der Waals surface area contributed by atoms with Gasteiger partial charge in [-0.2, -0.15) is 4.31 Å². The van der Waals surface area contributed by atoms with Crippen molar-refractivity contribution in [2.45, 2.75) is 44.0 Å². The molecule has 0 aliphatic carbocycles. The van der Waals surface area contributed by atoms with Crippen molar-refractivity contribution in [2.24, 2.45) is 0 Å². The lowest BCUT2D eigenvalue weighted by atomic mass is 10.2. The number of benzene rings is 1. The predicted molar refractivity (Wildman–Crippen MR) is 81.9 cm³/mol. The maximum atomic E-state index is 12.8. The summed E-state index contributed by atoms with van der Waals surface area (Å²) in [5.41, 5.74) is 0.756. The molecule has 1 aromatic carbocycles. The maximum Gasteiger partial charge on any atom is 0.246 e. The van der Waals surface area contributed by atoms with Gasteiger partial charge in [-0.05, 0) is 38.0 Å². The summed E-state index contributed by atoms with van der Waals surface area (Å²) in [6.07, 6.45) is 0.759. The molecule has 0 aromatic heterocycles. The van der Waals surface area contributed by atoms with E-state index in [2.05, 4.69) is 0 Å². The highest BCUT2D eigenvalue weighted by molar-refractivity contribution is 7.89. The first kappa shape index (κ1) is 17.3. The van der Waals surface area contributed by atoms with Crippen LogP contribution in [0.25, 0.3) is 0 Å². The number of hydrogen-bond donors (Lipinski definition) is 0. The second-order valence-electron chi connectivity index (χ2n) is 4.83. The fourth-order valence-electron chi connectivity index (χ4n) is 2.01. The van der Waals surface area contributed by atoms with E-state index in [-0.39, 0.29) is 16.8 Å². The molecule has 114 valence electrons. The number of rotatable bonds is 7. The Labute approximate surface area is 126 Å². The lowest BCUT2D eigenvalue weighted by Crippen LogP contribution is -2.37. The zero-order chi connectivity index (χ0) is 15.3. The second kappa shape index (κ2) is 7.29. The predicted octanol–water partition coefficient (Wildman–Crippen LogP) is 3.24. The minimum atomic E-state index is -3.59. The Kier molecular flexibility index (Phi) is 6.30. The topological polar surface area (TPSA) is 46.6 Å². The number of halogens is 1. The van der Waals surface area contributed by atoms with Crippen LogP contribution < -0.4 is 4.74 Å². The van der Waals surface area contributed by atoms with Crippen LogP contribution in [0, 0.1) is 0 Å². The Balaban J connectivity index is 3.38. The molecular weight excluding hydrogens is 298 g/mol. The van der Waals surface area contributed by atoms with Gasteiger partial charge in [-0.15, -0.1) is 11.6 Å². The first-order valence-electron chi connectivity index (χ1n) is 6.63. The molecule has 1 aromatic rings. The highest BCUT2D eigenvalue weighted by atomic mass is 35.5. The summed E-state index contributed by atoms with van der Waals surface area (Å²) < 4.78 is 32.3. The monoisotopic (exact) mass is 319 g/mol. The summed E-state index contributed by atoms with van der Waals surface area (Å²) in [6, 6.07) is 4.90. The van der Waals surface area contributed by atoms with E-state index in [4.69, 9.17) is 16.3 Å². The number of hydrogen-bond acceptors (Lipinski definition) is 3. The molecule has 0 amide bonds. The van der Waals surface area contributed by atoms with Crippen LogP contribution in [0.5, 0.6) is 5.75 Å². The summed E-state index contributed by atoms with van der Waals surface area (Å²) in [7, 11) is -2.12.